The first-order chi connectivity index (χ1) is 30.0. The van der Waals surface area contributed by atoms with Gasteiger partial charge in [0, 0.05) is 57.7 Å². The fraction of sp³-hybridized carbons (Fsp3) is 0.477. The number of imide groups is 1. The molecule has 1 aliphatic heterocycles. The quantitative estimate of drug-likeness (QED) is 0.0629. The number of imidazole rings is 1. The number of amides is 3. The third-order valence-electron chi connectivity index (χ3n) is 11.8. The molecule has 16 nitrogen and oxygen atoms in total. The minimum atomic E-state index is -2.88. The SMILES string of the molecule is CN(CCCOCC#Cc1cccc2c1n(C)c(=O)n2C1CCC(=O)NC1=O)C[C@H]1CC[C@H](n2cc(NC(=O)c3coc(-c4ccnc(NCC5CC5)c4)n3)c(C(F)F)n2)CC1. The second-order valence-corrected chi connectivity index (χ2v) is 16.5. The van der Waals surface area contributed by atoms with Crippen LogP contribution in [-0.2, 0) is 21.4 Å². The largest absolute Gasteiger partial charge is 0.444 e. The summed E-state index contributed by atoms with van der Waals surface area (Å²) in [5, 5.41) is 12.4. The van der Waals surface area contributed by atoms with Crippen molar-refractivity contribution in [3.05, 3.63) is 76.4 Å². The first-order valence-corrected chi connectivity index (χ1v) is 21.2. The van der Waals surface area contributed by atoms with Gasteiger partial charge >= 0.3 is 5.69 Å². The number of aryl methyl sites for hydroxylation is 1. The zero-order valence-electron chi connectivity index (χ0n) is 34.7. The van der Waals surface area contributed by atoms with Crippen molar-refractivity contribution in [3.63, 3.8) is 0 Å². The number of halogens is 2. The maximum atomic E-state index is 14.1. The summed E-state index contributed by atoms with van der Waals surface area (Å²) in [6.07, 6.45) is 8.48. The topological polar surface area (TPSA) is 183 Å². The van der Waals surface area contributed by atoms with Crippen LogP contribution in [0.15, 0.2) is 58.2 Å². The molecule has 1 aromatic carbocycles. The van der Waals surface area contributed by atoms with E-state index < -0.39 is 30.0 Å². The number of pyridine rings is 1. The number of carbonyl (C=O) groups is 3. The molecule has 1 saturated heterocycles. The van der Waals surface area contributed by atoms with Gasteiger partial charge in [0.1, 0.15) is 24.7 Å². The van der Waals surface area contributed by atoms with Gasteiger partial charge in [-0.2, -0.15) is 5.10 Å². The highest BCUT2D eigenvalue weighted by atomic mass is 19.3. The summed E-state index contributed by atoms with van der Waals surface area (Å²) in [6.45, 7) is 3.30. The lowest BCUT2D eigenvalue weighted by Crippen LogP contribution is -2.44. The van der Waals surface area contributed by atoms with Gasteiger partial charge in [0.15, 0.2) is 11.4 Å². The highest BCUT2D eigenvalue weighted by Gasteiger charge is 2.32. The Kier molecular flexibility index (Phi) is 12.9. The van der Waals surface area contributed by atoms with E-state index in [0.29, 0.717) is 46.4 Å². The average Bonchev–Trinajstić information content (AvgIpc) is 3.66. The molecule has 1 unspecified atom stereocenters. The molecule has 2 aliphatic carbocycles. The number of benzene rings is 1. The molecule has 3 N–H and O–H groups in total. The number of nitrogens with one attached hydrogen (secondary N) is 3. The summed E-state index contributed by atoms with van der Waals surface area (Å²) in [4.78, 5) is 61.4. The summed E-state index contributed by atoms with van der Waals surface area (Å²) in [7, 11) is 3.72. The highest BCUT2D eigenvalue weighted by molar-refractivity contribution is 6.03. The van der Waals surface area contributed by atoms with Crippen LogP contribution in [0.2, 0.25) is 0 Å². The molecule has 3 amide bonds. The molecule has 0 spiro atoms. The Morgan fingerprint density at radius 3 is 2.68 bits per heavy atom. The summed E-state index contributed by atoms with van der Waals surface area (Å²) < 4.78 is 44.1. The van der Waals surface area contributed by atoms with E-state index in [1.165, 1.54) is 34.4 Å². The molecule has 0 bridgehead atoms. The van der Waals surface area contributed by atoms with Crippen molar-refractivity contribution >= 4 is 40.3 Å². The summed E-state index contributed by atoms with van der Waals surface area (Å²) in [5.41, 5.74) is 1.57. The van der Waals surface area contributed by atoms with Crippen molar-refractivity contribution in [2.24, 2.45) is 18.9 Å². The van der Waals surface area contributed by atoms with Crippen molar-refractivity contribution < 1.29 is 32.3 Å². The van der Waals surface area contributed by atoms with Crippen molar-refractivity contribution in [1.29, 1.82) is 0 Å². The number of hydrogen-bond donors (Lipinski definition) is 3. The second-order valence-electron chi connectivity index (χ2n) is 16.5. The molecule has 2 saturated carbocycles. The molecular weight excluding hydrogens is 803 g/mol. The number of para-hydroxylation sites is 1. The smallest absolute Gasteiger partial charge is 0.329 e. The molecule has 5 aromatic rings. The van der Waals surface area contributed by atoms with E-state index in [1.807, 2.05) is 6.07 Å². The van der Waals surface area contributed by atoms with Crippen LogP contribution in [0.1, 0.15) is 98.0 Å². The summed E-state index contributed by atoms with van der Waals surface area (Å²) >= 11 is 0. The predicted octanol–water partition coefficient (Wildman–Crippen LogP) is 5.70. The van der Waals surface area contributed by atoms with Gasteiger partial charge in [0.2, 0.25) is 17.7 Å². The van der Waals surface area contributed by atoms with Crippen molar-refractivity contribution in [1.82, 2.24) is 39.1 Å². The van der Waals surface area contributed by atoms with Crippen molar-refractivity contribution in [2.75, 3.05) is 50.5 Å². The van der Waals surface area contributed by atoms with Crippen LogP contribution in [0.25, 0.3) is 22.5 Å². The highest BCUT2D eigenvalue weighted by Crippen LogP contribution is 2.36. The fourth-order valence-corrected chi connectivity index (χ4v) is 8.36. The van der Waals surface area contributed by atoms with Crippen LogP contribution in [-0.4, -0.2) is 91.4 Å². The number of alkyl halides is 2. The molecule has 1 atom stereocenters. The number of piperidine rings is 1. The maximum absolute atomic E-state index is 14.1. The lowest BCUT2D eigenvalue weighted by atomic mass is 9.86. The van der Waals surface area contributed by atoms with Crippen LogP contribution in [0, 0.1) is 23.7 Å². The number of fused-ring (bicyclic) bond motifs is 1. The van der Waals surface area contributed by atoms with E-state index in [1.54, 1.807) is 42.2 Å². The zero-order valence-corrected chi connectivity index (χ0v) is 34.7. The molecular formula is C44H50F2N10O6. The minimum absolute atomic E-state index is 0.0383. The average molecular weight is 853 g/mol. The summed E-state index contributed by atoms with van der Waals surface area (Å²) in [6, 6.07) is 8.08. The Labute approximate surface area is 356 Å². The fourth-order valence-electron chi connectivity index (χ4n) is 8.36. The number of hydrogen-bond acceptors (Lipinski definition) is 11. The number of anilines is 2. The molecule has 0 radical (unpaired) electrons. The number of aromatic nitrogens is 6. The normalized spacial score (nSPS) is 19.2. The Morgan fingerprint density at radius 2 is 1.90 bits per heavy atom. The van der Waals surface area contributed by atoms with Gasteiger partial charge < -0.3 is 24.7 Å². The lowest BCUT2D eigenvalue weighted by molar-refractivity contribution is -0.135. The lowest BCUT2D eigenvalue weighted by Gasteiger charge is -2.31. The van der Waals surface area contributed by atoms with Crippen LogP contribution in [0.3, 0.4) is 0 Å². The molecule has 18 heteroatoms. The van der Waals surface area contributed by atoms with Gasteiger partial charge in [-0.1, -0.05) is 17.9 Å². The third kappa shape index (κ3) is 9.79. The monoisotopic (exact) mass is 852 g/mol. The molecule has 3 aliphatic rings. The molecule has 4 aromatic heterocycles. The number of nitrogens with zero attached hydrogens (tertiary/aromatic N) is 7. The van der Waals surface area contributed by atoms with Crippen molar-refractivity contribution in [3.8, 4) is 23.3 Å². The van der Waals surface area contributed by atoms with E-state index in [4.69, 9.17) is 9.15 Å². The predicted molar refractivity (Wildman–Crippen MR) is 225 cm³/mol. The van der Waals surface area contributed by atoms with Gasteiger partial charge in [0.25, 0.3) is 12.3 Å². The minimum Gasteiger partial charge on any atom is -0.444 e. The maximum Gasteiger partial charge on any atom is 0.329 e. The Bertz CT molecular complexity index is 2560. The van der Waals surface area contributed by atoms with Crippen LogP contribution in [0.5, 0.6) is 0 Å². The number of rotatable bonds is 16. The van der Waals surface area contributed by atoms with Gasteiger partial charge in [-0.15, -0.1) is 0 Å². The molecule has 3 fully saturated rings. The number of oxazole rings is 1. The van der Waals surface area contributed by atoms with E-state index in [9.17, 15) is 28.0 Å². The van der Waals surface area contributed by atoms with Crippen molar-refractivity contribution in [2.45, 2.75) is 76.3 Å². The third-order valence-corrected chi connectivity index (χ3v) is 11.8. The number of ether oxygens (including phenoxy) is 1. The van der Waals surface area contributed by atoms with E-state index in [0.717, 1.165) is 51.7 Å². The van der Waals surface area contributed by atoms with Gasteiger partial charge in [-0.25, -0.2) is 23.5 Å². The number of carbonyl (C=O) groups excluding carboxylic acids is 3. The van der Waals surface area contributed by atoms with Gasteiger partial charge in [0.05, 0.1) is 28.3 Å². The van der Waals surface area contributed by atoms with Crippen LogP contribution < -0.4 is 21.6 Å². The van der Waals surface area contributed by atoms with E-state index >= 15 is 0 Å². The second kappa shape index (κ2) is 18.8. The standard InChI is InChI=1S/C44H50F2N10O6/c1-53(19-5-21-61-20-4-7-29-6-3-8-34-39(29)54(2)44(60)56(34)35-15-16-37(57)51-42(35)59)24-28-11-13-31(14-12-28)55-25-32(38(52-55)40(45)46)49-41(58)33-26-62-43(50-33)30-17-18-47-36(22-30)48-23-27-9-10-27/h3,6,8,17-18,22,25-28,31,35,40H,5,9-16,19-21,23-24H2,1-2H3,(H,47,48)(H,49,58)(H,51,57,59)/t28-,31-,35?. The van der Waals surface area contributed by atoms with Gasteiger partial charge in [-0.05, 0) is 94.5 Å². The Hall–Kier alpha value is -6.19. The molecule has 62 heavy (non-hydrogen) atoms. The van der Waals surface area contributed by atoms with Gasteiger partial charge in [-0.3, -0.25) is 33.5 Å². The molecule has 5 heterocycles. The van der Waals surface area contributed by atoms with E-state index in [2.05, 4.69) is 54.8 Å². The van der Waals surface area contributed by atoms with Crippen LogP contribution >= 0.6 is 0 Å². The first kappa shape index (κ1) is 42.5. The summed E-state index contributed by atoms with van der Waals surface area (Å²) in [5.74, 6) is 6.68. The molecule has 8 rings (SSSR count). The zero-order chi connectivity index (χ0) is 43.3. The molecule has 326 valence electrons. The first-order valence-electron chi connectivity index (χ1n) is 21.2. The Balaban J connectivity index is 0.771. The van der Waals surface area contributed by atoms with E-state index in [-0.39, 0.29) is 54.4 Å². The van der Waals surface area contributed by atoms with Crippen LogP contribution in [0.4, 0.5) is 20.3 Å². The Morgan fingerprint density at radius 1 is 1.10 bits per heavy atom.